The predicted molar refractivity (Wildman–Crippen MR) is 125 cm³/mol. The number of hydrogen-bond donors (Lipinski definition) is 1. The Balaban J connectivity index is 1.72. The fraction of sp³-hybridized carbons (Fsp3) is 0.240. The Morgan fingerprint density at radius 3 is 2.38 bits per heavy atom. The second-order valence-corrected chi connectivity index (χ2v) is 7.40. The summed E-state index contributed by atoms with van der Waals surface area (Å²) in [5, 5.41) is 3.34. The lowest BCUT2D eigenvalue weighted by Gasteiger charge is -2.15. The highest BCUT2D eigenvalue weighted by molar-refractivity contribution is 5.76. The first kappa shape index (κ1) is 21.5. The van der Waals surface area contributed by atoms with E-state index in [1.807, 2.05) is 36.9 Å². The third-order valence-electron chi connectivity index (χ3n) is 5.30. The van der Waals surface area contributed by atoms with E-state index in [-0.39, 0.29) is 11.9 Å². The van der Waals surface area contributed by atoms with Gasteiger partial charge in [-0.25, -0.2) is 14.4 Å². The van der Waals surface area contributed by atoms with Crippen LogP contribution < -0.4 is 10.2 Å². The Hall–Kier alpha value is -3.74. The Bertz CT molecular complexity index is 1160. The number of nitrogens with one attached hydrogen (secondary N) is 1. The van der Waals surface area contributed by atoms with Crippen LogP contribution in [0.1, 0.15) is 32.4 Å². The van der Waals surface area contributed by atoms with Crippen molar-refractivity contribution in [1.29, 1.82) is 0 Å². The number of aromatic nitrogens is 3. The third-order valence-corrected chi connectivity index (χ3v) is 5.30. The van der Waals surface area contributed by atoms with Gasteiger partial charge < -0.3 is 14.6 Å². The van der Waals surface area contributed by atoms with Crippen LogP contribution in [0.2, 0.25) is 0 Å². The summed E-state index contributed by atoms with van der Waals surface area (Å²) >= 11 is 0. The first-order valence-corrected chi connectivity index (χ1v) is 10.8. The summed E-state index contributed by atoms with van der Waals surface area (Å²) in [5.41, 5.74) is 3.12. The normalized spacial score (nSPS) is 11.9. The van der Waals surface area contributed by atoms with Crippen LogP contribution in [0.5, 0.6) is 0 Å². The fourth-order valence-corrected chi connectivity index (χ4v) is 3.49. The SMILES string of the molecule is CCN(CC)c1nc(-c2ccc(F)cc2)c(-c2ccnc(N[C@@H](C)c3ccccc3)n2)o1. The maximum atomic E-state index is 13.5. The van der Waals surface area contributed by atoms with E-state index in [1.165, 1.54) is 12.1 Å². The smallest absolute Gasteiger partial charge is 0.298 e. The van der Waals surface area contributed by atoms with Gasteiger partial charge in [0.25, 0.3) is 6.01 Å². The molecule has 0 aliphatic heterocycles. The van der Waals surface area contributed by atoms with Crippen LogP contribution in [0.4, 0.5) is 16.4 Å². The summed E-state index contributed by atoms with van der Waals surface area (Å²) < 4.78 is 19.7. The zero-order chi connectivity index (χ0) is 22.5. The average Bonchev–Trinajstić information content (AvgIpc) is 3.26. The van der Waals surface area contributed by atoms with E-state index < -0.39 is 0 Å². The zero-order valence-electron chi connectivity index (χ0n) is 18.4. The number of hydrogen-bond acceptors (Lipinski definition) is 6. The third kappa shape index (κ3) is 4.61. The summed E-state index contributed by atoms with van der Waals surface area (Å²) in [7, 11) is 0. The minimum atomic E-state index is -0.300. The Labute approximate surface area is 187 Å². The number of anilines is 2. The molecule has 2 heterocycles. The summed E-state index contributed by atoms with van der Waals surface area (Å²) in [6, 6.07) is 18.7. The van der Waals surface area contributed by atoms with E-state index in [9.17, 15) is 4.39 Å². The minimum Gasteiger partial charge on any atom is -0.421 e. The summed E-state index contributed by atoms with van der Waals surface area (Å²) in [6.45, 7) is 7.66. The predicted octanol–water partition coefficient (Wildman–Crippen LogP) is 5.96. The van der Waals surface area contributed by atoms with Crippen LogP contribution in [-0.2, 0) is 0 Å². The molecule has 0 saturated carbocycles. The van der Waals surface area contributed by atoms with Gasteiger partial charge in [-0.15, -0.1) is 0 Å². The quantitative estimate of drug-likeness (QED) is 0.371. The molecule has 4 rings (SSSR count). The van der Waals surface area contributed by atoms with E-state index in [0.29, 0.717) is 29.1 Å². The molecule has 0 aliphatic rings. The molecule has 0 saturated heterocycles. The molecule has 32 heavy (non-hydrogen) atoms. The van der Waals surface area contributed by atoms with Crippen molar-refractivity contribution >= 4 is 12.0 Å². The first-order chi connectivity index (χ1) is 15.6. The van der Waals surface area contributed by atoms with Crippen LogP contribution in [-0.4, -0.2) is 28.0 Å². The van der Waals surface area contributed by atoms with Gasteiger partial charge in [-0.1, -0.05) is 30.3 Å². The topological polar surface area (TPSA) is 67.1 Å². The fourth-order valence-electron chi connectivity index (χ4n) is 3.49. The highest BCUT2D eigenvalue weighted by Crippen LogP contribution is 2.35. The lowest BCUT2D eigenvalue weighted by atomic mass is 10.1. The maximum absolute atomic E-state index is 13.5. The molecule has 0 spiro atoms. The van der Waals surface area contributed by atoms with Crippen molar-refractivity contribution in [1.82, 2.24) is 15.0 Å². The molecule has 4 aromatic rings. The largest absolute Gasteiger partial charge is 0.421 e. The molecule has 164 valence electrons. The van der Waals surface area contributed by atoms with Gasteiger partial charge in [-0.2, -0.15) is 4.98 Å². The van der Waals surface area contributed by atoms with E-state index >= 15 is 0 Å². The van der Waals surface area contributed by atoms with E-state index in [4.69, 9.17) is 9.40 Å². The van der Waals surface area contributed by atoms with Crippen molar-refractivity contribution in [3.63, 3.8) is 0 Å². The second kappa shape index (κ2) is 9.60. The molecule has 0 amide bonds. The second-order valence-electron chi connectivity index (χ2n) is 7.40. The van der Waals surface area contributed by atoms with Crippen molar-refractivity contribution in [2.45, 2.75) is 26.8 Å². The molecule has 7 heteroatoms. The Morgan fingerprint density at radius 2 is 1.69 bits per heavy atom. The molecule has 1 N–H and O–H groups in total. The van der Waals surface area contributed by atoms with Gasteiger partial charge in [-0.05, 0) is 56.7 Å². The molecule has 2 aromatic heterocycles. The van der Waals surface area contributed by atoms with Crippen LogP contribution in [0.3, 0.4) is 0 Å². The molecule has 2 aromatic carbocycles. The lowest BCUT2D eigenvalue weighted by molar-refractivity contribution is 0.550. The van der Waals surface area contributed by atoms with Crippen molar-refractivity contribution < 1.29 is 8.81 Å². The zero-order valence-corrected chi connectivity index (χ0v) is 18.4. The molecular formula is C25H26FN5O. The summed E-state index contributed by atoms with van der Waals surface area (Å²) in [6.07, 6.45) is 1.69. The van der Waals surface area contributed by atoms with Gasteiger partial charge in [-0.3, -0.25) is 0 Å². The minimum absolute atomic E-state index is 0.0315. The molecule has 0 radical (unpaired) electrons. The van der Waals surface area contributed by atoms with Crippen LogP contribution in [0.25, 0.3) is 22.7 Å². The number of rotatable bonds is 8. The van der Waals surface area contributed by atoms with Gasteiger partial charge in [0.15, 0.2) is 5.76 Å². The summed E-state index contributed by atoms with van der Waals surface area (Å²) in [5.74, 6) is 0.715. The van der Waals surface area contributed by atoms with Gasteiger partial charge in [0, 0.05) is 24.8 Å². The van der Waals surface area contributed by atoms with E-state index in [2.05, 4.69) is 34.3 Å². The van der Waals surface area contributed by atoms with Crippen molar-refractivity contribution in [2.75, 3.05) is 23.3 Å². The van der Waals surface area contributed by atoms with Crippen LogP contribution in [0, 0.1) is 5.82 Å². The molecule has 0 unspecified atom stereocenters. The maximum Gasteiger partial charge on any atom is 0.298 e. The molecule has 0 fully saturated rings. The van der Waals surface area contributed by atoms with E-state index in [1.54, 1.807) is 24.4 Å². The molecule has 1 atom stereocenters. The standard InChI is InChI=1S/C25H26FN5O/c1-4-31(5-2)25-30-22(19-11-13-20(26)14-12-19)23(32-25)21-15-16-27-24(29-21)28-17(3)18-9-7-6-8-10-18/h6-17H,4-5H2,1-3H3,(H,27,28,29)/t17-/m0/s1. The van der Waals surface area contributed by atoms with Crippen molar-refractivity contribution in [3.8, 4) is 22.7 Å². The molecular weight excluding hydrogens is 405 g/mol. The highest BCUT2D eigenvalue weighted by Gasteiger charge is 2.21. The highest BCUT2D eigenvalue weighted by atomic mass is 19.1. The van der Waals surface area contributed by atoms with Gasteiger partial charge in [0.05, 0.1) is 6.04 Å². The van der Waals surface area contributed by atoms with Gasteiger partial charge in [0.2, 0.25) is 5.95 Å². The average molecular weight is 432 g/mol. The lowest BCUT2D eigenvalue weighted by Crippen LogP contribution is -2.21. The Morgan fingerprint density at radius 1 is 0.969 bits per heavy atom. The number of nitrogens with zero attached hydrogens (tertiary/aromatic N) is 4. The van der Waals surface area contributed by atoms with Crippen LogP contribution >= 0.6 is 0 Å². The molecule has 0 bridgehead atoms. The monoisotopic (exact) mass is 431 g/mol. The number of benzene rings is 2. The van der Waals surface area contributed by atoms with E-state index in [0.717, 1.165) is 24.2 Å². The number of halogens is 1. The molecule has 0 aliphatic carbocycles. The Kier molecular flexibility index (Phi) is 6.44. The first-order valence-electron chi connectivity index (χ1n) is 10.8. The number of oxazole rings is 1. The van der Waals surface area contributed by atoms with Crippen molar-refractivity contribution in [2.24, 2.45) is 0 Å². The van der Waals surface area contributed by atoms with Gasteiger partial charge in [0.1, 0.15) is 17.2 Å². The molecule has 6 nitrogen and oxygen atoms in total. The van der Waals surface area contributed by atoms with Gasteiger partial charge >= 0.3 is 0 Å². The summed E-state index contributed by atoms with van der Waals surface area (Å²) in [4.78, 5) is 15.8. The van der Waals surface area contributed by atoms with Crippen molar-refractivity contribution in [3.05, 3.63) is 78.2 Å². The van der Waals surface area contributed by atoms with Crippen LogP contribution in [0.15, 0.2) is 71.3 Å².